The minimum absolute atomic E-state index is 0.152. The molecule has 2 aromatic rings. The van der Waals surface area contributed by atoms with Gasteiger partial charge in [0.15, 0.2) is 0 Å². The number of hydrogen-bond donors (Lipinski definition) is 2. The standard InChI is InChI=1S/C21H30N2O2/c1-3-22(13-15-24)20-11-7-5-9-18(20)17-19-10-6-8-12-21(19)23(4-2)14-16-25/h5-12,24-25H,3-4,13-17H2,1-2H3. The summed E-state index contributed by atoms with van der Waals surface area (Å²) in [4.78, 5) is 4.42. The van der Waals surface area contributed by atoms with E-state index in [2.05, 4.69) is 72.2 Å². The van der Waals surface area contributed by atoms with Crippen molar-refractivity contribution in [3.05, 3.63) is 59.7 Å². The van der Waals surface area contributed by atoms with Gasteiger partial charge in [0.25, 0.3) is 0 Å². The molecule has 2 aromatic carbocycles. The minimum Gasteiger partial charge on any atom is -0.395 e. The third-order valence-corrected chi connectivity index (χ3v) is 4.55. The summed E-state index contributed by atoms with van der Waals surface area (Å²) in [7, 11) is 0. The molecule has 2 rings (SSSR count). The molecule has 0 aliphatic rings. The van der Waals surface area contributed by atoms with Gasteiger partial charge in [0.2, 0.25) is 0 Å². The largest absolute Gasteiger partial charge is 0.395 e. The zero-order valence-corrected chi connectivity index (χ0v) is 15.4. The predicted octanol–water partition coefficient (Wildman–Crippen LogP) is 2.91. The van der Waals surface area contributed by atoms with Gasteiger partial charge in [-0.25, -0.2) is 0 Å². The van der Waals surface area contributed by atoms with Crippen molar-refractivity contribution in [2.75, 3.05) is 49.2 Å². The summed E-state index contributed by atoms with van der Waals surface area (Å²) < 4.78 is 0. The van der Waals surface area contributed by atoms with E-state index >= 15 is 0 Å². The van der Waals surface area contributed by atoms with Gasteiger partial charge in [0, 0.05) is 44.0 Å². The topological polar surface area (TPSA) is 46.9 Å². The lowest BCUT2D eigenvalue weighted by molar-refractivity contribution is 0.302. The van der Waals surface area contributed by atoms with E-state index in [9.17, 15) is 10.2 Å². The maximum absolute atomic E-state index is 9.35. The molecule has 0 bridgehead atoms. The first-order valence-corrected chi connectivity index (χ1v) is 9.12. The number of anilines is 2. The molecule has 0 atom stereocenters. The van der Waals surface area contributed by atoms with Crippen LogP contribution < -0.4 is 9.80 Å². The Balaban J connectivity index is 2.35. The molecule has 4 heteroatoms. The summed E-state index contributed by atoms with van der Waals surface area (Å²) in [5, 5.41) is 18.7. The normalized spacial score (nSPS) is 10.7. The Hall–Kier alpha value is -2.04. The molecule has 4 nitrogen and oxygen atoms in total. The molecule has 2 N–H and O–H groups in total. The van der Waals surface area contributed by atoms with Gasteiger partial charge in [-0.3, -0.25) is 0 Å². The molecule has 0 saturated heterocycles. The molecular formula is C21H30N2O2. The van der Waals surface area contributed by atoms with Crippen LogP contribution in [0.1, 0.15) is 25.0 Å². The molecule has 0 radical (unpaired) electrons. The first-order chi connectivity index (χ1) is 12.2. The smallest absolute Gasteiger partial charge is 0.0606 e. The zero-order valence-electron chi connectivity index (χ0n) is 15.4. The fourth-order valence-electron chi connectivity index (χ4n) is 3.28. The quantitative estimate of drug-likeness (QED) is 0.697. The zero-order chi connectivity index (χ0) is 18.1. The number of aliphatic hydroxyl groups excluding tert-OH is 2. The maximum atomic E-state index is 9.35. The average Bonchev–Trinajstić information content (AvgIpc) is 2.65. The fourth-order valence-corrected chi connectivity index (χ4v) is 3.28. The van der Waals surface area contributed by atoms with E-state index in [1.807, 2.05) is 0 Å². The van der Waals surface area contributed by atoms with E-state index < -0.39 is 0 Å². The van der Waals surface area contributed by atoms with Gasteiger partial charge >= 0.3 is 0 Å². The Labute approximate surface area is 151 Å². The SMILES string of the molecule is CCN(CCO)c1ccccc1Cc1ccccc1N(CC)CCO. The molecule has 25 heavy (non-hydrogen) atoms. The molecule has 0 fully saturated rings. The van der Waals surface area contributed by atoms with Crippen LogP contribution in [0.15, 0.2) is 48.5 Å². The number of likely N-dealkylation sites (N-methyl/N-ethyl adjacent to an activating group) is 2. The van der Waals surface area contributed by atoms with E-state index in [0.29, 0.717) is 13.1 Å². The molecule has 0 aromatic heterocycles. The molecule has 0 saturated carbocycles. The first kappa shape index (κ1) is 19.3. The molecule has 0 amide bonds. The van der Waals surface area contributed by atoms with E-state index in [0.717, 1.165) is 19.5 Å². The number of para-hydroxylation sites is 2. The fraction of sp³-hybridized carbons (Fsp3) is 0.429. The van der Waals surface area contributed by atoms with Crippen molar-refractivity contribution in [3.63, 3.8) is 0 Å². The van der Waals surface area contributed by atoms with E-state index in [4.69, 9.17) is 0 Å². The summed E-state index contributed by atoms with van der Waals surface area (Å²) in [6.45, 7) is 7.54. The lowest BCUT2D eigenvalue weighted by atomic mass is 10.00. The predicted molar refractivity (Wildman–Crippen MR) is 106 cm³/mol. The van der Waals surface area contributed by atoms with Gasteiger partial charge in [0.1, 0.15) is 0 Å². The third-order valence-electron chi connectivity index (χ3n) is 4.55. The molecule has 0 spiro atoms. The van der Waals surface area contributed by atoms with Crippen LogP contribution in [0, 0.1) is 0 Å². The number of hydrogen-bond acceptors (Lipinski definition) is 4. The van der Waals surface area contributed by atoms with Gasteiger partial charge in [-0.05, 0) is 37.1 Å². The number of aliphatic hydroxyl groups is 2. The van der Waals surface area contributed by atoms with Crippen molar-refractivity contribution in [1.29, 1.82) is 0 Å². The van der Waals surface area contributed by atoms with Crippen LogP contribution in [0.3, 0.4) is 0 Å². The molecule has 0 aliphatic carbocycles. The number of nitrogens with zero attached hydrogens (tertiary/aromatic N) is 2. The number of benzene rings is 2. The van der Waals surface area contributed by atoms with Crippen LogP contribution in [0.4, 0.5) is 11.4 Å². The lowest BCUT2D eigenvalue weighted by Crippen LogP contribution is -2.28. The van der Waals surface area contributed by atoms with E-state index in [1.165, 1.54) is 22.5 Å². The summed E-state index contributed by atoms with van der Waals surface area (Å²) in [6.07, 6.45) is 0.830. The Morgan fingerprint density at radius 1 is 0.680 bits per heavy atom. The Bertz CT molecular complexity index is 590. The Morgan fingerprint density at radius 3 is 1.44 bits per heavy atom. The monoisotopic (exact) mass is 342 g/mol. The lowest BCUT2D eigenvalue weighted by Gasteiger charge is -2.27. The summed E-state index contributed by atoms with van der Waals surface area (Å²) in [6, 6.07) is 16.8. The van der Waals surface area contributed by atoms with Crippen LogP contribution in [-0.4, -0.2) is 49.6 Å². The molecule has 0 aliphatic heterocycles. The van der Waals surface area contributed by atoms with Crippen molar-refractivity contribution in [2.24, 2.45) is 0 Å². The highest BCUT2D eigenvalue weighted by Crippen LogP contribution is 2.28. The second-order valence-corrected chi connectivity index (χ2v) is 6.04. The van der Waals surface area contributed by atoms with Gasteiger partial charge < -0.3 is 20.0 Å². The molecule has 0 heterocycles. The van der Waals surface area contributed by atoms with Crippen molar-refractivity contribution < 1.29 is 10.2 Å². The van der Waals surface area contributed by atoms with Gasteiger partial charge in [-0.2, -0.15) is 0 Å². The van der Waals surface area contributed by atoms with Gasteiger partial charge in [-0.1, -0.05) is 36.4 Å². The minimum atomic E-state index is 0.152. The van der Waals surface area contributed by atoms with Crippen LogP contribution in [0.5, 0.6) is 0 Å². The van der Waals surface area contributed by atoms with Crippen molar-refractivity contribution in [2.45, 2.75) is 20.3 Å². The highest BCUT2D eigenvalue weighted by Gasteiger charge is 2.13. The van der Waals surface area contributed by atoms with Crippen LogP contribution in [-0.2, 0) is 6.42 Å². The highest BCUT2D eigenvalue weighted by atomic mass is 16.3. The summed E-state index contributed by atoms with van der Waals surface area (Å²) >= 11 is 0. The maximum Gasteiger partial charge on any atom is 0.0606 e. The van der Waals surface area contributed by atoms with Crippen molar-refractivity contribution in [3.8, 4) is 0 Å². The van der Waals surface area contributed by atoms with E-state index in [1.54, 1.807) is 0 Å². The van der Waals surface area contributed by atoms with Crippen molar-refractivity contribution in [1.82, 2.24) is 0 Å². The second-order valence-electron chi connectivity index (χ2n) is 6.04. The molecular weight excluding hydrogens is 312 g/mol. The number of rotatable bonds is 10. The third kappa shape index (κ3) is 4.97. The summed E-state index contributed by atoms with van der Waals surface area (Å²) in [5.41, 5.74) is 4.87. The van der Waals surface area contributed by atoms with Crippen LogP contribution in [0.2, 0.25) is 0 Å². The first-order valence-electron chi connectivity index (χ1n) is 9.12. The van der Waals surface area contributed by atoms with Crippen LogP contribution in [0.25, 0.3) is 0 Å². The summed E-state index contributed by atoms with van der Waals surface area (Å²) in [5.74, 6) is 0. The second kappa shape index (κ2) is 10.1. The Kier molecular flexibility index (Phi) is 7.76. The van der Waals surface area contributed by atoms with Crippen molar-refractivity contribution >= 4 is 11.4 Å². The average molecular weight is 342 g/mol. The van der Waals surface area contributed by atoms with Crippen LogP contribution >= 0.6 is 0 Å². The molecule has 136 valence electrons. The highest BCUT2D eigenvalue weighted by molar-refractivity contribution is 5.60. The van der Waals surface area contributed by atoms with E-state index in [-0.39, 0.29) is 13.2 Å². The van der Waals surface area contributed by atoms with Gasteiger partial charge in [-0.15, -0.1) is 0 Å². The Morgan fingerprint density at radius 2 is 1.08 bits per heavy atom. The molecule has 0 unspecified atom stereocenters. The van der Waals surface area contributed by atoms with Gasteiger partial charge in [0.05, 0.1) is 13.2 Å².